The fourth-order valence-corrected chi connectivity index (χ4v) is 2.18. The fourth-order valence-electron chi connectivity index (χ4n) is 1.85. The Morgan fingerprint density at radius 1 is 1.38 bits per heavy atom. The number of nitrogens with zero attached hydrogens (tertiary/aromatic N) is 1. The fraction of sp³-hybridized carbons (Fsp3) is 0.143. The number of aromatic hydroxyl groups is 1. The Balaban J connectivity index is 0.00000220. The maximum atomic E-state index is 13.9. The largest absolute Gasteiger partial charge is 0.520 e. The van der Waals surface area contributed by atoms with Gasteiger partial charge in [-0.3, -0.25) is 0 Å². The third kappa shape index (κ3) is 3.99. The molecule has 0 unspecified atom stereocenters. The molecule has 0 saturated heterocycles. The van der Waals surface area contributed by atoms with Crippen molar-refractivity contribution in [1.82, 2.24) is 4.90 Å². The van der Waals surface area contributed by atoms with Crippen molar-refractivity contribution in [1.29, 1.82) is 0 Å². The predicted octanol–water partition coefficient (Wildman–Crippen LogP) is 4.05. The number of halogens is 4. The summed E-state index contributed by atoms with van der Waals surface area (Å²) in [4.78, 5) is 1.12. The van der Waals surface area contributed by atoms with Gasteiger partial charge in [0, 0.05) is 32.7 Å². The molecule has 21 heavy (non-hydrogen) atoms. The van der Waals surface area contributed by atoms with E-state index < -0.39 is 18.8 Å². The predicted molar refractivity (Wildman–Crippen MR) is 73.6 cm³/mol. The number of phenols is 1. The molecule has 0 atom stereocenters. The molecule has 1 aromatic rings. The number of benzene rings is 1. The van der Waals surface area contributed by atoms with Crippen molar-refractivity contribution in [2.75, 3.05) is 6.54 Å². The van der Waals surface area contributed by atoms with E-state index in [0.29, 0.717) is 4.48 Å². The van der Waals surface area contributed by atoms with Gasteiger partial charge in [-0.1, -0.05) is 22.8 Å². The first-order valence-corrected chi connectivity index (χ1v) is 6.43. The molecule has 1 aliphatic rings. The van der Waals surface area contributed by atoms with Crippen molar-refractivity contribution in [3.63, 3.8) is 0 Å². The van der Waals surface area contributed by atoms with Gasteiger partial charge in [-0.05, 0) is 23.4 Å². The van der Waals surface area contributed by atoms with Crippen LogP contribution in [0.15, 0.2) is 41.0 Å². The Morgan fingerprint density at radius 2 is 2.05 bits per heavy atom. The van der Waals surface area contributed by atoms with Crippen LogP contribution >= 0.6 is 15.9 Å². The standard InChI is InChI=1S/C14H10BrF3NO.Y/c1-8-9(15)5-6-11(19(8)7-13(17)18)14-10(16)3-2-4-12(14)20;/h2-5,13,20H,1,7H2;/q-1;. The van der Waals surface area contributed by atoms with Gasteiger partial charge >= 0.3 is 0 Å². The molecule has 1 aliphatic heterocycles. The summed E-state index contributed by atoms with van der Waals surface area (Å²) in [6, 6.07) is 3.75. The minimum absolute atomic E-state index is 0. The van der Waals surface area contributed by atoms with Crippen LogP contribution < -0.4 is 0 Å². The van der Waals surface area contributed by atoms with E-state index in [1.165, 1.54) is 18.2 Å². The molecule has 2 rings (SSSR count). The summed E-state index contributed by atoms with van der Waals surface area (Å²) < 4.78 is 39.7. The normalized spacial score (nSPS) is 14.7. The molecule has 0 saturated carbocycles. The molecular formula is C14H10BrF3NOY-. The van der Waals surface area contributed by atoms with Crippen molar-refractivity contribution < 1.29 is 51.0 Å². The number of alkyl halides is 2. The van der Waals surface area contributed by atoms with Gasteiger partial charge in [0.2, 0.25) is 0 Å². The average Bonchev–Trinajstić information content (AvgIpc) is 2.37. The van der Waals surface area contributed by atoms with Crippen LogP contribution in [0.3, 0.4) is 0 Å². The van der Waals surface area contributed by atoms with E-state index in [0.717, 1.165) is 11.0 Å². The second-order valence-corrected chi connectivity index (χ2v) is 4.92. The average molecular weight is 434 g/mol. The zero-order valence-corrected chi connectivity index (χ0v) is 15.2. The van der Waals surface area contributed by atoms with Gasteiger partial charge in [0.15, 0.2) is 0 Å². The molecule has 0 bridgehead atoms. The molecule has 2 nitrogen and oxygen atoms in total. The maximum absolute atomic E-state index is 13.9. The van der Waals surface area contributed by atoms with Crippen molar-refractivity contribution in [3.8, 4) is 5.75 Å². The van der Waals surface area contributed by atoms with Gasteiger partial charge < -0.3 is 10.0 Å². The Labute approximate surface area is 154 Å². The zero-order chi connectivity index (χ0) is 14.9. The van der Waals surface area contributed by atoms with E-state index >= 15 is 0 Å². The summed E-state index contributed by atoms with van der Waals surface area (Å²) in [6.45, 7) is 3.01. The zero-order valence-electron chi connectivity index (χ0n) is 10.8. The summed E-state index contributed by atoms with van der Waals surface area (Å²) in [5.74, 6) is -1.06. The topological polar surface area (TPSA) is 23.5 Å². The molecule has 109 valence electrons. The minimum atomic E-state index is -2.64. The monoisotopic (exact) mass is 433 g/mol. The first-order valence-electron chi connectivity index (χ1n) is 5.63. The van der Waals surface area contributed by atoms with Crippen LogP contribution in [0.25, 0.3) is 5.70 Å². The van der Waals surface area contributed by atoms with Gasteiger partial charge in [0.1, 0.15) is 0 Å². The summed E-state index contributed by atoms with van der Waals surface area (Å²) in [5, 5.41) is 9.77. The molecule has 0 amide bonds. The molecule has 1 N–H and O–H groups in total. The van der Waals surface area contributed by atoms with Crippen molar-refractivity contribution in [2.24, 2.45) is 0 Å². The van der Waals surface area contributed by atoms with E-state index in [-0.39, 0.29) is 55.4 Å². The molecule has 0 spiro atoms. The Hall–Kier alpha value is -0.586. The van der Waals surface area contributed by atoms with Crippen LogP contribution in [0.1, 0.15) is 5.56 Å². The van der Waals surface area contributed by atoms with E-state index in [1.54, 1.807) is 0 Å². The molecule has 0 aliphatic carbocycles. The van der Waals surface area contributed by atoms with E-state index in [9.17, 15) is 18.3 Å². The van der Waals surface area contributed by atoms with Crippen molar-refractivity contribution >= 4 is 21.6 Å². The van der Waals surface area contributed by atoms with Crippen LogP contribution in [-0.2, 0) is 32.7 Å². The van der Waals surface area contributed by atoms with Gasteiger partial charge in [0.25, 0.3) is 6.43 Å². The minimum Gasteiger partial charge on any atom is -0.520 e. The Bertz CT molecular complexity index is 596. The molecule has 0 fully saturated rings. The molecule has 7 heteroatoms. The van der Waals surface area contributed by atoms with Crippen LogP contribution in [-0.4, -0.2) is 23.0 Å². The summed E-state index contributed by atoms with van der Waals surface area (Å²) in [6.07, 6.45) is 1.50. The van der Waals surface area contributed by atoms with Crippen LogP contribution in [0, 0.1) is 11.9 Å². The summed E-state index contributed by atoms with van der Waals surface area (Å²) >= 11 is 3.16. The molecule has 0 aromatic heterocycles. The second-order valence-electron chi connectivity index (χ2n) is 4.07. The quantitative estimate of drug-likeness (QED) is 0.727. The third-order valence-corrected chi connectivity index (χ3v) is 3.44. The van der Waals surface area contributed by atoms with Gasteiger partial charge in [-0.15, -0.1) is 15.9 Å². The Morgan fingerprint density at radius 3 is 2.62 bits per heavy atom. The number of rotatable bonds is 3. The van der Waals surface area contributed by atoms with E-state index in [2.05, 4.69) is 28.6 Å². The van der Waals surface area contributed by atoms with Crippen molar-refractivity contribution in [3.05, 3.63) is 58.5 Å². The molecule has 1 heterocycles. The van der Waals surface area contributed by atoms with Gasteiger partial charge in [-0.25, -0.2) is 13.2 Å². The van der Waals surface area contributed by atoms with E-state index in [4.69, 9.17) is 0 Å². The van der Waals surface area contributed by atoms with Gasteiger partial charge in [-0.2, -0.15) is 12.2 Å². The Kier molecular flexibility index (Phi) is 6.69. The summed E-state index contributed by atoms with van der Waals surface area (Å²) in [5.41, 5.74) is 0.0985. The van der Waals surface area contributed by atoms with Gasteiger partial charge in [0.05, 0.1) is 18.1 Å². The second kappa shape index (κ2) is 7.61. The van der Waals surface area contributed by atoms with Crippen LogP contribution in [0.4, 0.5) is 13.2 Å². The number of allylic oxidation sites excluding steroid dienone is 3. The number of phenolic OH excluding ortho intramolecular Hbond substituents is 1. The smallest absolute Gasteiger partial charge is 0.256 e. The molecular weight excluding hydrogens is 424 g/mol. The summed E-state index contributed by atoms with van der Waals surface area (Å²) in [7, 11) is 0. The molecule has 1 radical (unpaired) electrons. The maximum Gasteiger partial charge on any atom is 0.256 e. The van der Waals surface area contributed by atoms with Crippen LogP contribution in [0.5, 0.6) is 5.75 Å². The number of hydrogen-bond acceptors (Lipinski definition) is 2. The van der Waals surface area contributed by atoms with E-state index in [1.807, 2.05) is 0 Å². The molecule has 1 aromatic carbocycles. The first-order chi connectivity index (χ1) is 9.41. The SMILES string of the molecule is C=C1C(Br)=C[C-]=C(c2c(O)cccc2F)N1CC(F)F.[Y]. The first kappa shape index (κ1) is 18.5. The third-order valence-electron chi connectivity index (χ3n) is 2.76. The van der Waals surface area contributed by atoms with Crippen LogP contribution in [0.2, 0.25) is 0 Å². The number of hydrogen-bond donors (Lipinski definition) is 1. The van der Waals surface area contributed by atoms with Crippen molar-refractivity contribution in [2.45, 2.75) is 6.43 Å².